The maximum atomic E-state index is 13.4. The predicted octanol–water partition coefficient (Wildman–Crippen LogP) is 2.24. The number of benzene rings is 1. The van der Waals surface area contributed by atoms with Crippen LogP contribution in [0.3, 0.4) is 0 Å². The van der Waals surface area contributed by atoms with E-state index in [1.165, 1.54) is 25.3 Å². The number of aromatic nitrogens is 2. The minimum atomic E-state index is -4.88. The highest BCUT2D eigenvalue weighted by molar-refractivity contribution is 5.80. The monoisotopic (exact) mass is 401 g/mol. The van der Waals surface area contributed by atoms with E-state index in [2.05, 4.69) is 9.97 Å². The molecule has 1 aromatic heterocycles. The van der Waals surface area contributed by atoms with Gasteiger partial charge < -0.3 is 19.7 Å². The summed E-state index contributed by atoms with van der Waals surface area (Å²) in [6, 6.07) is 2.68. The van der Waals surface area contributed by atoms with E-state index in [0.29, 0.717) is 10.6 Å². The van der Waals surface area contributed by atoms with Crippen LogP contribution in [-0.4, -0.2) is 62.9 Å². The van der Waals surface area contributed by atoms with Crippen molar-refractivity contribution in [2.75, 3.05) is 13.7 Å². The summed E-state index contributed by atoms with van der Waals surface area (Å²) in [5.74, 6) is -1.93. The summed E-state index contributed by atoms with van der Waals surface area (Å²) in [6.45, 7) is -0.415. The molecular formula is C16H14F3N3O6. The Hall–Kier alpha value is -3.31. The van der Waals surface area contributed by atoms with Crippen molar-refractivity contribution in [3.05, 3.63) is 23.9 Å². The van der Waals surface area contributed by atoms with Gasteiger partial charge in [-0.25, -0.2) is 19.6 Å². The lowest BCUT2D eigenvalue weighted by atomic mass is 10.2. The SMILES string of the molecule is COc1ccc2nc(C(F)(F)F)c(O[C@@H]3C[C@@H](C(=O)O)N(C(=O)O)C3)nc2c1. The molecule has 2 N–H and O–H groups in total. The van der Waals surface area contributed by atoms with Gasteiger partial charge in [0.15, 0.2) is 0 Å². The number of carboxylic acids is 1. The third-order valence-corrected chi connectivity index (χ3v) is 4.18. The molecule has 28 heavy (non-hydrogen) atoms. The zero-order valence-corrected chi connectivity index (χ0v) is 14.3. The molecule has 0 saturated carbocycles. The van der Waals surface area contributed by atoms with Gasteiger partial charge in [0, 0.05) is 12.5 Å². The van der Waals surface area contributed by atoms with Gasteiger partial charge in [-0.05, 0) is 12.1 Å². The van der Waals surface area contributed by atoms with Crippen LogP contribution in [0.15, 0.2) is 18.2 Å². The molecule has 1 saturated heterocycles. The average molecular weight is 401 g/mol. The maximum absolute atomic E-state index is 13.4. The lowest BCUT2D eigenvalue weighted by Crippen LogP contribution is -2.39. The predicted molar refractivity (Wildman–Crippen MR) is 86.3 cm³/mol. The molecule has 2 heterocycles. The number of hydrogen-bond acceptors (Lipinski definition) is 6. The lowest BCUT2D eigenvalue weighted by Gasteiger charge is -2.18. The molecule has 2 aromatic rings. The fourth-order valence-corrected chi connectivity index (χ4v) is 2.90. The van der Waals surface area contributed by atoms with Gasteiger partial charge in [0.05, 0.1) is 24.7 Å². The van der Waals surface area contributed by atoms with Crippen molar-refractivity contribution in [1.82, 2.24) is 14.9 Å². The first-order valence-electron chi connectivity index (χ1n) is 7.92. The van der Waals surface area contributed by atoms with Gasteiger partial charge in [0.2, 0.25) is 11.6 Å². The minimum Gasteiger partial charge on any atom is -0.497 e. The Morgan fingerprint density at radius 2 is 1.93 bits per heavy atom. The minimum absolute atomic E-state index is 0.0394. The number of nitrogens with zero attached hydrogens (tertiary/aromatic N) is 3. The van der Waals surface area contributed by atoms with E-state index in [-0.39, 0.29) is 17.5 Å². The fraction of sp³-hybridized carbons (Fsp3) is 0.375. The van der Waals surface area contributed by atoms with Crippen LogP contribution in [0.1, 0.15) is 12.1 Å². The highest BCUT2D eigenvalue weighted by Gasteiger charge is 2.43. The number of alkyl halides is 3. The molecule has 0 spiro atoms. The zero-order chi connectivity index (χ0) is 20.6. The molecular weight excluding hydrogens is 387 g/mol. The molecule has 1 aliphatic rings. The first-order chi connectivity index (χ1) is 13.1. The number of likely N-dealkylation sites (tertiary alicyclic amines) is 1. The van der Waals surface area contributed by atoms with Crippen molar-refractivity contribution in [1.29, 1.82) is 0 Å². The normalized spacial score (nSPS) is 19.6. The number of fused-ring (bicyclic) bond motifs is 1. The van der Waals surface area contributed by atoms with Crippen LogP contribution >= 0.6 is 0 Å². The topological polar surface area (TPSA) is 122 Å². The number of methoxy groups -OCH3 is 1. The standard InChI is InChI=1S/C16H14F3N3O6/c1-27-7-2-3-9-10(4-7)21-13(12(20-9)16(17,18)19)28-8-5-11(14(23)24)22(6-8)15(25)26/h2-4,8,11H,5-6H2,1H3,(H,23,24)(H,25,26)/t8-,11+/m1/s1. The number of carbonyl (C=O) groups is 2. The number of ether oxygens (including phenoxy) is 2. The highest BCUT2D eigenvalue weighted by atomic mass is 19.4. The Kier molecular flexibility index (Phi) is 4.87. The summed E-state index contributed by atoms with van der Waals surface area (Å²) in [5, 5.41) is 18.2. The number of carboxylic acid groups (broad SMARTS) is 2. The molecule has 12 heteroatoms. The summed E-state index contributed by atoms with van der Waals surface area (Å²) in [7, 11) is 1.38. The van der Waals surface area contributed by atoms with E-state index in [4.69, 9.17) is 19.7 Å². The second-order valence-corrected chi connectivity index (χ2v) is 5.99. The van der Waals surface area contributed by atoms with Crippen molar-refractivity contribution >= 4 is 23.1 Å². The van der Waals surface area contributed by atoms with Crippen molar-refractivity contribution in [2.24, 2.45) is 0 Å². The summed E-state index contributed by atoms with van der Waals surface area (Å²) in [4.78, 5) is 30.4. The van der Waals surface area contributed by atoms with E-state index in [1.54, 1.807) is 0 Å². The zero-order valence-electron chi connectivity index (χ0n) is 14.3. The summed E-state index contributed by atoms with van der Waals surface area (Å²) >= 11 is 0. The third-order valence-electron chi connectivity index (χ3n) is 4.18. The van der Waals surface area contributed by atoms with Crippen molar-refractivity contribution in [3.8, 4) is 11.6 Å². The quantitative estimate of drug-likeness (QED) is 0.800. The Morgan fingerprint density at radius 1 is 1.21 bits per heavy atom. The van der Waals surface area contributed by atoms with Crippen LogP contribution < -0.4 is 9.47 Å². The Balaban J connectivity index is 1.99. The molecule has 0 aliphatic carbocycles. The molecule has 0 radical (unpaired) electrons. The average Bonchev–Trinajstić information content (AvgIpc) is 3.04. The molecule has 2 atom stereocenters. The second-order valence-electron chi connectivity index (χ2n) is 5.99. The molecule has 1 aliphatic heterocycles. The smallest absolute Gasteiger partial charge is 0.438 e. The number of halogens is 3. The Labute approximate surface area is 155 Å². The van der Waals surface area contributed by atoms with Crippen LogP contribution in [0.25, 0.3) is 11.0 Å². The van der Waals surface area contributed by atoms with E-state index >= 15 is 0 Å². The first kappa shape index (κ1) is 19.5. The summed E-state index contributed by atoms with van der Waals surface area (Å²) in [6.07, 6.45) is -7.84. The molecule has 0 bridgehead atoms. The Morgan fingerprint density at radius 3 is 2.46 bits per heavy atom. The number of rotatable bonds is 4. The second kappa shape index (κ2) is 7.02. The molecule has 1 aromatic carbocycles. The lowest BCUT2D eigenvalue weighted by molar-refractivity contribution is -0.143. The summed E-state index contributed by atoms with van der Waals surface area (Å²) < 4.78 is 50.5. The van der Waals surface area contributed by atoms with Crippen molar-refractivity contribution in [3.63, 3.8) is 0 Å². The van der Waals surface area contributed by atoms with Gasteiger partial charge in [0.25, 0.3) is 0 Å². The van der Waals surface area contributed by atoms with Crippen LogP contribution in [0.4, 0.5) is 18.0 Å². The van der Waals surface area contributed by atoms with Gasteiger partial charge in [-0.3, -0.25) is 4.90 Å². The summed E-state index contributed by atoms with van der Waals surface area (Å²) in [5.41, 5.74) is -1.35. The van der Waals surface area contributed by atoms with Gasteiger partial charge in [-0.2, -0.15) is 13.2 Å². The van der Waals surface area contributed by atoms with Crippen molar-refractivity contribution < 1.29 is 42.4 Å². The Bertz CT molecular complexity index is 914. The molecule has 1 fully saturated rings. The van der Waals surface area contributed by atoms with Crippen LogP contribution in [0.2, 0.25) is 0 Å². The molecule has 0 unspecified atom stereocenters. The van der Waals surface area contributed by atoms with Gasteiger partial charge in [0.1, 0.15) is 17.9 Å². The fourth-order valence-electron chi connectivity index (χ4n) is 2.90. The highest BCUT2D eigenvalue weighted by Crippen LogP contribution is 2.36. The van der Waals surface area contributed by atoms with E-state index < -0.39 is 48.5 Å². The van der Waals surface area contributed by atoms with Crippen LogP contribution in [0.5, 0.6) is 11.6 Å². The van der Waals surface area contributed by atoms with E-state index in [9.17, 15) is 22.8 Å². The van der Waals surface area contributed by atoms with Gasteiger partial charge in [-0.1, -0.05) is 0 Å². The number of amides is 1. The van der Waals surface area contributed by atoms with E-state index in [0.717, 1.165) is 0 Å². The number of aliphatic carboxylic acids is 1. The molecule has 9 nitrogen and oxygen atoms in total. The largest absolute Gasteiger partial charge is 0.497 e. The first-order valence-corrected chi connectivity index (χ1v) is 7.92. The third kappa shape index (κ3) is 3.70. The van der Waals surface area contributed by atoms with Crippen LogP contribution in [0, 0.1) is 0 Å². The van der Waals surface area contributed by atoms with Crippen molar-refractivity contribution in [2.45, 2.75) is 24.7 Å². The van der Waals surface area contributed by atoms with Gasteiger partial charge in [-0.15, -0.1) is 0 Å². The molecule has 3 rings (SSSR count). The molecule has 150 valence electrons. The molecule has 1 amide bonds. The maximum Gasteiger partial charge on any atom is 0.438 e. The van der Waals surface area contributed by atoms with E-state index in [1.807, 2.05) is 0 Å². The van der Waals surface area contributed by atoms with Crippen LogP contribution in [-0.2, 0) is 11.0 Å². The number of hydrogen-bond donors (Lipinski definition) is 2. The van der Waals surface area contributed by atoms with Gasteiger partial charge >= 0.3 is 18.2 Å².